The summed E-state index contributed by atoms with van der Waals surface area (Å²) >= 11 is 2.06. The van der Waals surface area contributed by atoms with Gasteiger partial charge in [-0.1, -0.05) is 13.0 Å². The Kier molecular flexibility index (Phi) is 8.90. The van der Waals surface area contributed by atoms with Crippen LogP contribution in [0.5, 0.6) is 5.88 Å². The van der Waals surface area contributed by atoms with Crippen molar-refractivity contribution >= 4 is 17.7 Å². The fraction of sp³-hybridized carbons (Fsp3) is 0.667. The molecule has 1 N–H and O–H groups in total. The number of aromatic nitrogens is 1. The van der Waals surface area contributed by atoms with Crippen LogP contribution in [-0.2, 0) is 11.3 Å². The molecule has 1 aromatic rings. The van der Waals surface area contributed by atoms with Gasteiger partial charge in [0.15, 0.2) is 5.96 Å². The summed E-state index contributed by atoms with van der Waals surface area (Å²) in [5.74, 6) is 2.77. The van der Waals surface area contributed by atoms with Crippen LogP contribution in [0.25, 0.3) is 0 Å². The molecule has 6 nitrogen and oxygen atoms in total. The number of guanidine groups is 1. The minimum absolute atomic E-state index is 0.492. The van der Waals surface area contributed by atoms with E-state index < -0.39 is 0 Å². The number of thioether (sulfide) groups is 1. The van der Waals surface area contributed by atoms with Gasteiger partial charge in [-0.25, -0.2) is 9.98 Å². The van der Waals surface area contributed by atoms with Crippen LogP contribution in [0.15, 0.2) is 23.3 Å². The Hall–Kier alpha value is -1.47. The molecule has 1 aliphatic rings. The van der Waals surface area contributed by atoms with E-state index in [1.54, 1.807) is 13.3 Å². The number of aliphatic imine (C=N–C) groups is 1. The molecule has 2 rings (SSSR count). The number of rotatable bonds is 8. The van der Waals surface area contributed by atoms with E-state index >= 15 is 0 Å². The summed E-state index contributed by atoms with van der Waals surface area (Å²) in [6, 6.07) is 3.94. The highest BCUT2D eigenvalue weighted by atomic mass is 32.2. The first-order chi connectivity index (χ1) is 12.3. The first kappa shape index (κ1) is 19.8. The van der Waals surface area contributed by atoms with Gasteiger partial charge in [0.1, 0.15) is 6.61 Å². The average Bonchev–Trinajstić information content (AvgIpc) is 2.66. The van der Waals surface area contributed by atoms with Crippen LogP contribution < -0.4 is 10.1 Å². The van der Waals surface area contributed by atoms with Crippen molar-refractivity contribution in [2.45, 2.75) is 32.1 Å². The Labute approximate surface area is 155 Å². The van der Waals surface area contributed by atoms with Gasteiger partial charge in [-0.05, 0) is 19.4 Å². The van der Waals surface area contributed by atoms with Crippen LogP contribution in [0.4, 0.5) is 0 Å². The summed E-state index contributed by atoms with van der Waals surface area (Å²) in [5, 5.41) is 4.11. The molecule has 1 aromatic heterocycles. The lowest BCUT2D eigenvalue weighted by atomic mass is 10.2. The minimum Gasteiger partial charge on any atom is -0.475 e. The van der Waals surface area contributed by atoms with Gasteiger partial charge in [0, 0.05) is 49.5 Å². The maximum Gasteiger partial charge on any atom is 0.218 e. The zero-order chi connectivity index (χ0) is 17.9. The van der Waals surface area contributed by atoms with Crippen LogP contribution >= 0.6 is 11.8 Å². The molecule has 0 radical (unpaired) electrons. The van der Waals surface area contributed by atoms with Crippen molar-refractivity contribution in [3.05, 3.63) is 23.9 Å². The van der Waals surface area contributed by atoms with Crippen molar-refractivity contribution in [1.29, 1.82) is 0 Å². The van der Waals surface area contributed by atoms with Crippen molar-refractivity contribution in [2.24, 2.45) is 4.99 Å². The van der Waals surface area contributed by atoms with Crippen LogP contribution in [0, 0.1) is 0 Å². The number of ether oxygens (including phenoxy) is 2. The third-order valence-corrected chi connectivity index (χ3v) is 5.38. The Morgan fingerprint density at radius 2 is 2.32 bits per heavy atom. The van der Waals surface area contributed by atoms with Gasteiger partial charge in [-0.15, -0.1) is 0 Å². The predicted molar refractivity (Wildman–Crippen MR) is 105 cm³/mol. The van der Waals surface area contributed by atoms with Gasteiger partial charge in [-0.2, -0.15) is 11.8 Å². The van der Waals surface area contributed by atoms with Crippen molar-refractivity contribution in [3.8, 4) is 5.88 Å². The lowest BCUT2D eigenvalue weighted by Crippen LogP contribution is -2.48. The van der Waals surface area contributed by atoms with Gasteiger partial charge < -0.3 is 19.7 Å². The van der Waals surface area contributed by atoms with Gasteiger partial charge in [0.25, 0.3) is 0 Å². The fourth-order valence-electron chi connectivity index (χ4n) is 2.64. The molecule has 0 aromatic carbocycles. The number of pyridine rings is 1. The largest absolute Gasteiger partial charge is 0.475 e. The second kappa shape index (κ2) is 11.2. The molecule has 0 spiro atoms. The van der Waals surface area contributed by atoms with Gasteiger partial charge in [0.2, 0.25) is 5.88 Å². The second-order valence-corrected chi connectivity index (χ2v) is 7.23. The number of nitrogens with one attached hydrogen (secondary N) is 1. The number of hydrogen-bond acceptors (Lipinski definition) is 5. The molecule has 1 fully saturated rings. The maximum absolute atomic E-state index is 5.71. The molecule has 1 saturated heterocycles. The summed E-state index contributed by atoms with van der Waals surface area (Å²) in [6.07, 6.45) is 2.94. The summed E-state index contributed by atoms with van der Waals surface area (Å²) in [6.45, 7) is 8.91. The lowest BCUT2D eigenvalue weighted by molar-refractivity contribution is 0.143. The first-order valence-corrected chi connectivity index (χ1v) is 10.0. The zero-order valence-electron chi connectivity index (χ0n) is 15.5. The maximum atomic E-state index is 5.71. The molecule has 0 saturated carbocycles. The summed E-state index contributed by atoms with van der Waals surface area (Å²) in [5.41, 5.74) is 0.993. The molecule has 1 atom stereocenters. The van der Waals surface area contributed by atoms with E-state index in [0.717, 1.165) is 36.9 Å². The molecule has 1 unspecified atom stereocenters. The highest BCUT2D eigenvalue weighted by Gasteiger charge is 2.21. The van der Waals surface area contributed by atoms with Crippen molar-refractivity contribution in [1.82, 2.24) is 15.2 Å². The Morgan fingerprint density at radius 1 is 1.44 bits per heavy atom. The number of hydrogen-bond donors (Lipinski definition) is 1. The highest BCUT2D eigenvalue weighted by molar-refractivity contribution is 8.00. The van der Waals surface area contributed by atoms with Crippen LogP contribution in [0.2, 0.25) is 0 Å². The summed E-state index contributed by atoms with van der Waals surface area (Å²) in [4.78, 5) is 11.5. The Bertz CT molecular complexity index is 542. The molecule has 140 valence electrons. The van der Waals surface area contributed by atoms with E-state index in [4.69, 9.17) is 14.5 Å². The third kappa shape index (κ3) is 6.40. The molecule has 0 amide bonds. The number of methoxy groups -OCH3 is 1. The predicted octanol–water partition coefficient (Wildman–Crippen LogP) is 2.40. The van der Waals surface area contributed by atoms with Crippen molar-refractivity contribution in [3.63, 3.8) is 0 Å². The van der Waals surface area contributed by atoms with E-state index in [1.807, 2.05) is 12.1 Å². The van der Waals surface area contributed by atoms with E-state index in [-0.39, 0.29) is 0 Å². The van der Waals surface area contributed by atoms with Gasteiger partial charge >= 0.3 is 0 Å². The average molecular weight is 367 g/mol. The molecule has 1 aliphatic heterocycles. The highest BCUT2D eigenvalue weighted by Crippen LogP contribution is 2.21. The van der Waals surface area contributed by atoms with E-state index in [9.17, 15) is 0 Å². The molecule has 7 heteroatoms. The Morgan fingerprint density at radius 3 is 3.08 bits per heavy atom. The second-order valence-electron chi connectivity index (χ2n) is 5.83. The van der Waals surface area contributed by atoms with Crippen molar-refractivity contribution in [2.75, 3.05) is 45.7 Å². The molecule has 0 aliphatic carbocycles. The monoisotopic (exact) mass is 366 g/mol. The minimum atomic E-state index is 0.492. The van der Waals surface area contributed by atoms with Gasteiger partial charge in [0.05, 0.1) is 13.2 Å². The summed E-state index contributed by atoms with van der Waals surface area (Å²) < 4.78 is 10.7. The number of nitrogens with zero attached hydrogens (tertiary/aromatic N) is 3. The molecule has 25 heavy (non-hydrogen) atoms. The Balaban J connectivity index is 2.05. The lowest BCUT2D eigenvalue weighted by Gasteiger charge is -2.34. The van der Waals surface area contributed by atoms with E-state index in [0.29, 0.717) is 30.9 Å². The zero-order valence-corrected chi connectivity index (χ0v) is 16.3. The quantitative estimate of drug-likeness (QED) is 0.433. The topological polar surface area (TPSA) is 59.0 Å². The van der Waals surface area contributed by atoms with E-state index in [2.05, 4.69) is 40.8 Å². The third-order valence-electron chi connectivity index (χ3n) is 4.00. The summed E-state index contributed by atoms with van der Waals surface area (Å²) in [7, 11) is 1.66. The smallest absolute Gasteiger partial charge is 0.218 e. The first-order valence-electron chi connectivity index (χ1n) is 8.98. The van der Waals surface area contributed by atoms with Crippen LogP contribution in [-0.4, -0.2) is 66.8 Å². The molecule has 2 heterocycles. The van der Waals surface area contributed by atoms with Crippen LogP contribution in [0.3, 0.4) is 0 Å². The van der Waals surface area contributed by atoms with Crippen molar-refractivity contribution < 1.29 is 9.47 Å². The molecular weight excluding hydrogens is 336 g/mol. The van der Waals surface area contributed by atoms with E-state index in [1.165, 1.54) is 6.42 Å². The van der Waals surface area contributed by atoms with Gasteiger partial charge in [-0.3, -0.25) is 0 Å². The standard InChI is InChI=1S/C18H30N4O2S/c1-4-16-14-22(9-12-25-16)18(19-5-2)21-13-15-7-6-8-20-17(15)24-11-10-23-3/h6-8,16H,4-5,9-14H2,1-3H3,(H,19,21). The molecule has 0 bridgehead atoms. The fourth-order valence-corrected chi connectivity index (χ4v) is 3.82. The normalized spacial score (nSPS) is 18.3. The molecular formula is C18H30N4O2S. The van der Waals surface area contributed by atoms with Crippen LogP contribution in [0.1, 0.15) is 25.8 Å². The SMILES string of the molecule is CCNC(=NCc1cccnc1OCCOC)N1CCSC(CC)C1.